The third kappa shape index (κ3) is 5.93. The molecular weight excluding hydrogens is 498 g/mol. The minimum absolute atomic E-state index is 0. The molecule has 1 aliphatic heterocycles. The average Bonchev–Trinajstić information content (AvgIpc) is 3.16. The predicted molar refractivity (Wildman–Crippen MR) is 146 cm³/mol. The molecule has 11 heteroatoms. The topological polar surface area (TPSA) is 135 Å². The molecule has 1 saturated heterocycles. The first-order valence-electron chi connectivity index (χ1n) is 12.2. The maximum absolute atomic E-state index is 13.0. The van der Waals surface area contributed by atoms with Crippen LogP contribution >= 0.6 is 11.6 Å². The number of imidazole rings is 1. The Labute approximate surface area is 221 Å². The Morgan fingerprint density at radius 2 is 1.86 bits per heavy atom. The van der Waals surface area contributed by atoms with Gasteiger partial charge in [0.15, 0.2) is 0 Å². The van der Waals surface area contributed by atoms with Crippen molar-refractivity contribution in [2.45, 2.75) is 45.0 Å². The number of carbonyl (C=O) groups is 1. The minimum atomic E-state index is -0.277. The molecule has 1 amide bonds. The number of rotatable bonds is 9. The van der Waals surface area contributed by atoms with Gasteiger partial charge in [-0.2, -0.15) is 0 Å². The Bertz CT molecular complexity index is 1290. The van der Waals surface area contributed by atoms with Gasteiger partial charge in [0.25, 0.3) is 5.91 Å². The van der Waals surface area contributed by atoms with Crippen molar-refractivity contribution < 1.29 is 19.7 Å². The molecule has 0 aliphatic carbocycles. The molecule has 5 N–H and O–H groups in total. The lowest BCUT2D eigenvalue weighted by atomic mass is 10.0. The maximum Gasteiger partial charge on any atom is 0.329 e. The van der Waals surface area contributed by atoms with Crippen LogP contribution in [0.5, 0.6) is 5.75 Å². The van der Waals surface area contributed by atoms with Crippen LogP contribution in [-0.4, -0.2) is 71.4 Å². The Morgan fingerprint density at radius 3 is 2.51 bits per heavy atom. The van der Waals surface area contributed by atoms with Crippen LogP contribution in [0.15, 0.2) is 41.2 Å². The van der Waals surface area contributed by atoms with Gasteiger partial charge in [-0.1, -0.05) is 23.7 Å². The summed E-state index contributed by atoms with van der Waals surface area (Å²) in [6, 6.07) is 10.9. The Morgan fingerprint density at radius 1 is 1.16 bits per heavy atom. The number of hydrogen-bond acceptors (Lipinski definition) is 6. The number of carbonyl (C=O) groups excluding carboxylic acids is 1. The standard InChI is InChI=1S/C26H34ClN5O4.H2O/c1-4-31-21-8-5-6-9-22(21)32(26(31)34)12-7-11-30-13-10-20(24(16-30)36-3)29-25(33)17-14-18(27)19(28)15-23(17)35-2;/h5-6,8-9,14-15,20,24H,4,7,10-13,16,28H2,1-3H3,(H,29,33);1H2/t20-,24+;/m1./s1. The van der Waals surface area contributed by atoms with Crippen LogP contribution in [0.4, 0.5) is 5.69 Å². The van der Waals surface area contributed by atoms with E-state index in [0.717, 1.165) is 37.0 Å². The van der Waals surface area contributed by atoms with Crippen molar-refractivity contribution >= 4 is 34.2 Å². The number of aromatic nitrogens is 2. The summed E-state index contributed by atoms with van der Waals surface area (Å²) in [5.74, 6) is 0.0985. The third-order valence-electron chi connectivity index (χ3n) is 6.92. The zero-order valence-electron chi connectivity index (χ0n) is 21.5. The second-order valence-corrected chi connectivity index (χ2v) is 9.45. The normalized spacial score (nSPS) is 17.9. The Kier molecular flexibility index (Phi) is 9.61. The molecular formula is C26H36ClN5O5. The van der Waals surface area contributed by atoms with E-state index in [1.54, 1.807) is 13.2 Å². The van der Waals surface area contributed by atoms with E-state index in [4.69, 9.17) is 26.8 Å². The van der Waals surface area contributed by atoms with Gasteiger partial charge in [-0.05, 0) is 44.5 Å². The number of nitrogen functional groups attached to an aromatic ring is 1. The molecule has 37 heavy (non-hydrogen) atoms. The Hall–Kier alpha value is -3.05. The molecule has 0 radical (unpaired) electrons. The van der Waals surface area contributed by atoms with Crippen molar-refractivity contribution in [1.82, 2.24) is 19.4 Å². The van der Waals surface area contributed by atoms with Crippen molar-refractivity contribution in [3.8, 4) is 5.75 Å². The zero-order valence-corrected chi connectivity index (χ0v) is 22.3. The summed E-state index contributed by atoms with van der Waals surface area (Å²) < 4.78 is 14.7. The highest BCUT2D eigenvalue weighted by molar-refractivity contribution is 6.33. The fourth-order valence-corrected chi connectivity index (χ4v) is 5.16. The second-order valence-electron chi connectivity index (χ2n) is 9.04. The number of benzene rings is 2. The largest absolute Gasteiger partial charge is 0.496 e. The number of amides is 1. The quantitative estimate of drug-likeness (QED) is 0.405. The summed E-state index contributed by atoms with van der Waals surface area (Å²) in [7, 11) is 3.15. The molecule has 2 aromatic carbocycles. The summed E-state index contributed by atoms with van der Waals surface area (Å²) in [6.45, 7) is 5.63. The van der Waals surface area contributed by atoms with E-state index in [1.165, 1.54) is 13.2 Å². The SMILES string of the molecule is CCn1c(=O)n(CCCN2CC[C@@H](NC(=O)c3cc(Cl)c(N)cc3OC)[C@@H](OC)C2)c2ccccc21.O. The van der Waals surface area contributed by atoms with E-state index in [1.807, 2.05) is 40.3 Å². The van der Waals surface area contributed by atoms with Crippen molar-refractivity contribution in [3.63, 3.8) is 0 Å². The third-order valence-corrected chi connectivity index (χ3v) is 7.25. The van der Waals surface area contributed by atoms with Crippen LogP contribution in [0, 0.1) is 0 Å². The molecule has 1 aromatic heterocycles. The van der Waals surface area contributed by atoms with E-state index in [2.05, 4.69) is 10.2 Å². The van der Waals surface area contributed by atoms with E-state index >= 15 is 0 Å². The summed E-state index contributed by atoms with van der Waals surface area (Å²) in [6.07, 6.45) is 1.42. The molecule has 0 unspecified atom stereocenters. The van der Waals surface area contributed by atoms with E-state index in [0.29, 0.717) is 41.7 Å². The van der Waals surface area contributed by atoms with Crippen LogP contribution in [0.25, 0.3) is 11.0 Å². The van der Waals surface area contributed by atoms with Gasteiger partial charge in [-0.3, -0.25) is 13.9 Å². The minimum Gasteiger partial charge on any atom is -0.496 e. The fourth-order valence-electron chi connectivity index (χ4n) is 5.00. The van der Waals surface area contributed by atoms with Gasteiger partial charge in [-0.25, -0.2) is 4.79 Å². The molecule has 1 fully saturated rings. The number of nitrogens with two attached hydrogens (primary N) is 1. The van der Waals surface area contributed by atoms with E-state index < -0.39 is 0 Å². The first-order chi connectivity index (χ1) is 17.4. The molecule has 1 aliphatic rings. The molecule has 2 atom stereocenters. The van der Waals surface area contributed by atoms with Gasteiger partial charge in [0.1, 0.15) is 5.75 Å². The number of anilines is 1. The highest BCUT2D eigenvalue weighted by Gasteiger charge is 2.31. The summed E-state index contributed by atoms with van der Waals surface area (Å²) in [5, 5.41) is 3.38. The Balaban J connectivity index is 0.00000380. The number of para-hydroxylation sites is 2. The number of fused-ring (bicyclic) bond motifs is 1. The molecule has 4 rings (SSSR count). The van der Waals surface area contributed by atoms with Crippen LogP contribution in [0.1, 0.15) is 30.1 Å². The molecule has 202 valence electrons. The molecule has 0 spiro atoms. The summed E-state index contributed by atoms with van der Waals surface area (Å²) >= 11 is 6.13. The zero-order chi connectivity index (χ0) is 25.8. The molecule has 2 heterocycles. The van der Waals surface area contributed by atoms with E-state index in [-0.39, 0.29) is 29.2 Å². The smallest absolute Gasteiger partial charge is 0.329 e. The number of nitrogens with zero attached hydrogens (tertiary/aromatic N) is 3. The van der Waals surface area contributed by atoms with Gasteiger partial charge < -0.3 is 30.9 Å². The fraction of sp³-hybridized carbons (Fsp3) is 0.462. The van der Waals surface area contributed by atoms with Crippen molar-refractivity contribution in [2.75, 3.05) is 39.6 Å². The highest BCUT2D eigenvalue weighted by atomic mass is 35.5. The first-order valence-corrected chi connectivity index (χ1v) is 12.6. The highest BCUT2D eigenvalue weighted by Crippen LogP contribution is 2.29. The predicted octanol–water partition coefficient (Wildman–Crippen LogP) is 2.15. The van der Waals surface area contributed by atoms with Crippen LogP contribution < -0.4 is 21.5 Å². The second kappa shape index (κ2) is 12.5. The molecule has 10 nitrogen and oxygen atoms in total. The molecule has 0 saturated carbocycles. The average molecular weight is 534 g/mol. The van der Waals surface area contributed by atoms with Gasteiger partial charge in [0.05, 0.1) is 46.6 Å². The van der Waals surface area contributed by atoms with Gasteiger partial charge in [0, 0.05) is 39.4 Å². The van der Waals surface area contributed by atoms with Crippen LogP contribution in [0.2, 0.25) is 5.02 Å². The summed E-state index contributed by atoms with van der Waals surface area (Å²) in [5.41, 5.74) is 8.51. The lowest BCUT2D eigenvalue weighted by Crippen LogP contribution is -2.55. The van der Waals surface area contributed by atoms with Gasteiger partial charge in [-0.15, -0.1) is 0 Å². The number of halogens is 1. The van der Waals surface area contributed by atoms with Crippen LogP contribution in [-0.2, 0) is 17.8 Å². The number of ether oxygens (including phenoxy) is 2. The van der Waals surface area contributed by atoms with Crippen molar-refractivity contribution in [3.05, 3.63) is 57.5 Å². The van der Waals surface area contributed by atoms with Crippen molar-refractivity contribution in [2.24, 2.45) is 0 Å². The number of hydrogen-bond donors (Lipinski definition) is 2. The number of piperidine rings is 1. The van der Waals surface area contributed by atoms with E-state index in [9.17, 15) is 9.59 Å². The number of nitrogens with one attached hydrogen (secondary N) is 1. The maximum atomic E-state index is 13.0. The van der Waals surface area contributed by atoms with Crippen LogP contribution in [0.3, 0.4) is 0 Å². The lowest BCUT2D eigenvalue weighted by molar-refractivity contribution is 0.00585. The van der Waals surface area contributed by atoms with Gasteiger partial charge in [0.2, 0.25) is 0 Å². The first kappa shape index (κ1) is 28.5. The summed E-state index contributed by atoms with van der Waals surface area (Å²) in [4.78, 5) is 28.2. The number of aryl methyl sites for hydroxylation is 2. The van der Waals surface area contributed by atoms with Gasteiger partial charge >= 0.3 is 5.69 Å². The lowest BCUT2D eigenvalue weighted by Gasteiger charge is -2.38. The monoisotopic (exact) mass is 533 g/mol. The number of methoxy groups -OCH3 is 2. The number of likely N-dealkylation sites (tertiary alicyclic amines) is 1. The van der Waals surface area contributed by atoms with Crippen molar-refractivity contribution in [1.29, 1.82) is 0 Å². The molecule has 0 bridgehead atoms. The molecule has 3 aromatic rings.